The van der Waals surface area contributed by atoms with E-state index in [2.05, 4.69) is 10.2 Å². The fourth-order valence-electron chi connectivity index (χ4n) is 2.52. The van der Waals surface area contributed by atoms with Gasteiger partial charge in [-0.25, -0.2) is 0 Å². The molecule has 3 aromatic rings. The lowest BCUT2D eigenvalue weighted by atomic mass is 9.94. The summed E-state index contributed by atoms with van der Waals surface area (Å²) in [5, 5.41) is 19.0. The lowest BCUT2D eigenvalue weighted by molar-refractivity contribution is -0.384. The van der Waals surface area contributed by atoms with Crippen molar-refractivity contribution in [3.05, 3.63) is 64.5 Å². The Bertz CT molecular complexity index is 936. The van der Waals surface area contributed by atoms with Crippen molar-refractivity contribution in [1.29, 1.82) is 0 Å². The summed E-state index contributed by atoms with van der Waals surface area (Å²) >= 11 is 0. The summed E-state index contributed by atoms with van der Waals surface area (Å²) < 4.78 is 41.1. The summed E-state index contributed by atoms with van der Waals surface area (Å²) in [5.41, 5.74) is -1.30. The molecule has 0 bridgehead atoms. The lowest BCUT2D eigenvalue weighted by Crippen LogP contribution is -2.08. The van der Waals surface area contributed by atoms with E-state index >= 15 is 0 Å². The van der Waals surface area contributed by atoms with Gasteiger partial charge in [0.25, 0.3) is 5.69 Å². The van der Waals surface area contributed by atoms with Gasteiger partial charge >= 0.3 is 6.18 Å². The van der Waals surface area contributed by atoms with Gasteiger partial charge in [-0.05, 0) is 11.6 Å². The zero-order chi connectivity index (χ0) is 18.2. The monoisotopic (exact) mass is 348 g/mol. The molecule has 3 rings (SSSR count). The maximum Gasteiger partial charge on any atom is 0.416 e. The number of nitro groups is 1. The Hall–Kier alpha value is -3.23. The third-order valence-electron chi connectivity index (χ3n) is 3.66. The molecular formula is C16H11F3N4O2. The van der Waals surface area contributed by atoms with E-state index in [0.29, 0.717) is 11.6 Å². The summed E-state index contributed by atoms with van der Waals surface area (Å²) in [6.07, 6.45) is -3.39. The van der Waals surface area contributed by atoms with Crippen LogP contribution < -0.4 is 0 Å². The van der Waals surface area contributed by atoms with E-state index in [1.54, 1.807) is 37.4 Å². The van der Waals surface area contributed by atoms with Gasteiger partial charge in [-0.15, -0.1) is 10.2 Å². The number of aryl methyl sites for hydroxylation is 1. The van der Waals surface area contributed by atoms with Crippen molar-refractivity contribution in [3.8, 4) is 22.5 Å². The van der Waals surface area contributed by atoms with Crippen LogP contribution >= 0.6 is 0 Å². The van der Waals surface area contributed by atoms with E-state index in [1.807, 2.05) is 0 Å². The Labute approximate surface area is 139 Å². The van der Waals surface area contributed by atoms with E-state index in [9.17, 15) is 23.3 Å². The second-order valence-electron chi connectivity index (χ2n) is 5.30. The molecule has 0 N–H and O–H groups in total. The molecule has 2 aromatic carbocycles. The summed E-state index contributed by atoms with van der Waals surface area (Å²) in [4.78, 5) is 10.6. The van der Waals surface area contributed by atoms with Crippen LogP contribution in [0, 0.1) is 10.1 Å². The fourth-order valence-corrected chi connectivity index (χ4v) is 2.52. The smallest absolute Gasteiger partial charge is 0.317 e. The van der Waals surface area contributed by atoms with E-state index in [1.165, 1.54) is 10.9 Å². The van der Waals surface area contributed by atoms with Crippen LogP contribution in [0.15, 0.2) is 48.8 Å². The Morgan fingerprint density at radius 1 is 1.16 bits per heavy atom. The molecule has 0 saturated carbocycles. The normalized spacial score (nSPS) is 11.5. The molecule has 6 nitrogen and oxygen atoms in total. The van der Waals surface area contributed by atoms with Gasteiger partial charge < -0.3 is 4.57 Å². The zero-order valence-electron chi connectivity index (χ0n) is 12.9. The zero-order valence-corrected chi connectivity index (χ0v) is 12.9. The minimum atomic E-state index is -4.72. The van der Waals surface area contributed by atoms with Gasteiger partial charge in [-0.1, -0.05) is 30.3 Å². The van der Waals surface area contributed by atoms with Gasteiger partial charge in [-0.3, -0.25) is 10.1 Å². The number of alkyl halides is 3. The number of rotatable bonds is 3. The van der Waals surface area contributed by atoms with Crippen LogP contribution in [0.2, 0.25) is 0 Å². The van der Waals surface area contributed by atoms with E-state index < -0.39 is 22.4 Å². The first-order valence-corrected chi connectivity index (χ1v) is 7.08. The predicted octanol–water partition coefficient (Wildman–Crippen LogP) is 4.08. The van der Waals surface area contributed by atoms with Crippen LogP contribution in [0.25, 0.3) is 22.5 Å². The molecule has 0 aliphatic carbocycles. The topological polar surface area (TPSA) is 73.8 Å². The number of halogens is 3. The predicted molar refractivity (Wildman–Crippen MR) is 83.5 cm³/mol. The van der Waals surface area contributed by atoms with E-state index in [0.717, 1.165) is 6.07 Å². The van der Waals surface area contributed by atoms with Crippen LogP contribution in [0.4, 0.5) is 18.9 Å². The summed E-state index contributed by atoms with van der Waals surface area (Å²) in [6.45, 7) is 0. The van der Waals surface area contributed by atoms with Crippen molar-refractivity contribution < 1.29 is 18.1 Å². The van der Waals surface area contributed by atoms with Gasteiger partial charge in [0.15, 0.2) is 5.82 Å². The first-order chi connectivity index (χ1) is 11.8. The number of nitrogens with zero attached hydrogens (tertiary/aromatic N) is 4. The molecule has 0 aliphatic rings. The molecule has 1 aromatic heterocycles. The van der Waals surface area contributed by atoms with E-state index in [4.69, 9.17) is 0 Å². The highest BCUT2D eigenvalue weighted by atomic mass is 19.4. The first-order valence-electron chi connectivity index (χ1n) is 7.08. The molecule has 0 radical (unpaired) electrons. The highest BCUT2D eigenvalue weighted by Gasteiger charge is 2.36. The van der Waals surface area contributed by atoms with Crippen molar-refractivity contribution in [2.24, 2.45) is 7.05 Å². The van der Waals surface area contributed by atoms with E-state index in [-0.39, 0.29) is 17.0 Å². The SMILES string of the molecule is Cn1cnnc1-c1c(-c2ccccc2)cc(C(F)(F)F)cc1[N+](=O)[O-]. The lowest BCUT2D eigenvalue weighted by Gasteiger charge is -2.14. The van der Waals surface area contributed by atoms with Crippen LogP contribution in [-0.2, 0) is 13.2 Å². The molecule has 0 amide bonds. The molecule has 25 heavy (non-hydrogen) atoms. The summed E-state index contributed by atoms with van der Waals surface area (Å²) in [5.74, 6) is 0.110. The van der Waals surface area contributed by atoms with Gasteiger partial charge in [0, 0.05) is 18.7 Å². The Morgan fingerprint density at radius 2 is 1.84 bits per heavy atom. The number of hydrogen-bond donors (Lipinski definition) is 0. The highest BCUT2D eigenvalue weighted by Crippen LogP contribution is 2.42. The third kappa shape index (κ3) is 3.08. The summed E-state index contributed by atoms with van der Waals surface area (Å²) in [6, 6.07) is 9.57. The van der Waals surface area contributed by atoms with Crippen molar-refractivity contribution in [3.63, 3.8) is 0 Å². The first kappa shape index (κ1) is 16.6. The quantitative estimate of drug-likeness (QED) is 0.528. The average molecular weight is 348 g/mol. The van der Waals surface area contributed by atoms with Crippen LogP contribution in [0.1, 0.15) is 5.56 Å². The van der Waals surface area contributed by atoms with Crippen molar-refractivity contribution in [2.45, 2.75) is 6.18 Å². The van der Waals surface area contributed by atoms with Crippen molar-refractivity contribution in [2.75, 3.05) is 0 Å². The molecule has 0 spiro atoms. The third-order valence-corrected chi connectivity index (χ3v) is 3.66. The van der Waals surface area contributed by atoms with Gasteiger partial charge in [-0.2, -0.15) is 13.2 Å². The van der Waals surface area contributed by atoms with Gasteiger partial charge in [0.1, 0.15) is 11.9 Å². The minimum absolute atomic E-state index is 0.01000. The van der Waals surface area contributed by atoms with Crippen molar-refractivity contribution >= 4 is 5.69 Å². The maximum atomic E-state index is 13.2. The Kier molecular flexibility index (Phi) is 3.99. The standard InChI is InChI=1S/C16H11F3N4O2/c1-22-9-20-21-15(22)14-12(10-5-3-2-4-6-10)7-11(16(17,18)19)8-13(14)23(24)25/h2-9H,1H3. The summed E-state index contributed by atoms with van der Waals surface area (Å²) in [7, 11) is 1.56. The molecule has 128 valence electrons. The van der Waals surface area contributed by atoms with Crippen molar-refractivity contribution in [1.82, 2.24) is 14.8 Å². The molecule has 1 heterocycles. The second-order valence-corrected chi connectivity index (χ2v) is 5.30. The second kappa shape index (κ2) is 6.00. The molecule has 0 saturated heterocycles. The molecule has 9 heteroatoms. The fraction of sp³-hybridized carbons (Fsp3) is 0.125. The number of aromatic nitrogens is 3. The van der Waals surface area contributed by atoms with Crippen LogP contribution in [0.5, 0.6) is 0 Å². The number of nitro benzene ring substituents is 1. The number of benzene rings is 2. The Balaban J connectivity index is 2.43. The Morgan fingerprint density at radius 3 is 2.36 bits per heavy atom. The molecule has 0 fully saturated rings. The molecule has 0 aliphatic heterocycles. The van der Waals surface area contributed by atoms with Gasteiger partial charge in [0.05, 0.1) is 10.5 Å². The molecular weight excluding hydrogens is 337 g/mol. The average Bonchev–Trinajstić information content (AvgIpc) is 2.99. The maximum absolute atomic E-state index is 13.2. The van der Waals surface area contributed by atoms with Crippen LogP contribution in [-0.4, -0.2) is 19.7 Å². The minimum Gasteiger partial charge on any atom is -0.317 e. The molecule has 0 unspecified atom stereocenters. The molecule has 0 atom stereocenters. The number of hydrogen-bond acceptors (Lipinski definition) is 4. The largest absolute Gasteiger partial charge is 0.416 e. The van der Waals surface area contributed by atoms with Gasteiger partial charge in [0.2, 0.25) is 0 Å². The van der Waals surface area contributed by atoms with Crippen LogP contribution in [0.3, 0.4) is 0 Å². The highest BCUT2D eigenvalue weighted by molar-refractivity contribution is 5.87.